The summed E-state index contributed by atoms with van der Waals surface area (Å²) in [4.78, 5) is 4.60. The summed E-state index contributed by atoms with van der Waals surface area (Å²) in [5, 5.41) is 15.2. The van der Waals surface area contributed by atoms with Crippen molar-refractivity contribution in [2.24, 2.45) is 0 Å². The fraction of sp³-hybridized carbons (Fsp3) is 0.133. The van der Waals surface area contributed by atoms with Gasteiger partial charge in [-0.3, -0.25) is 0 Å². The lowest BCUT2D eigenvalue weighted by atomic mass is 10.1. The van der Waals surface area contributed by atoms with Gasteiger partial charge >= 0.3 is 0 Å². The molecule has 20 heavy (non-hydrogen) atoms. The number of thiophene rings is 1. The zero-order valence-electron chi connectivity index (χ0n) is 10.5. The van der Waals surface area contributed by atoms with Gasteiger partial charge < -0.3 is 5.11 Å². The Balaban J connectivity index is 1.74. The Morgan fingerprint density at radius 1 is 1.15 bits per heavy atom. The van der Waals surface area contributed by atoms with Gasteiger partial charge in [0.1, 0.15) is 0 Å². The molecule has 1 aromatic carbocycles. The zero-order valence-corrected chi connectivity index (χ0v) is 13.7. The normalized spacial score (nSPS) is 12.5. The Kier molecular flexibility index (Phi) is 4.31. The topological polar surface area (TPSA) is 33.1 Å². The number of hydrogen-bond acceptors (Lipinski definition) is 4. The third-order valence-electron chi connectivity index (χ3n) is 2.96. The van der Waals surface area contributed by atoms with Gasteiger partial charge in [-0.2, -0.15) is 0 Å². The smallest absolute Gasteiger partial charge is 0.0961 e. The minimum atomic E-state index is -0.493. The third-order valence-corrected chi connectivity index (χ3v) is 5.36. The van der Waals surface area contributed by atoms with Gasteiger partial charge in [0.25, 0.3) is 0 Å². The van der Waals surface area contributed by atoms with Crippen molar-refractivity contribution in [1.82, 2.24) is 4.98 Å². The highest BCUT2D eigenvalue weighted by atomic mass is 79.9. The van der Waals surface area contributed by atoms with Crippen LogP contribution in [0.4, 0.5) is 0 Å². The van der Waals surface area contributed by atoms with E-state index < -0.39 is 6.10 Å². The Morgan fingerprint density at radius 3 is 2.65 bits per heavy atom. The predicted molar refractivity (Wildman–Crippen MR) is 88.2 cm³/mol. The summed E-state index contributed by atoms with van der Waals surface area (Å²) in [7, 11) is 0. The largest absolute Gasteiger partial charge is 0.388 e. The minimum Gasteiger partial charge on any atom is -0.388 e. The first-order chi connectivity index (χ1) is 9.72. The molecule has 0 spiro atoms. The van der Waals surface area contributed by atoms with E-state index in [2.05, 4.69) is 20.9 Å². The van der Waals surface area contributed by atoms with E-state index in [1.54, 1.807) is 22.7 Å². The molecular weight excluding hydrogens is 354 g/mol. The highest BCUT2D eigenvalue weighted by Crippen LogP contribution is 2.29. The van der Waals surface area contributed by atoms with Gasteiger partial charge in [-0.25, -0.2) is 4.98 Å². The van der Waals surface area contributed by atoms with Crippen LogP contribution in [0.3, 0.4) is 0 Å². The lowest BCUT2D eigenvalue weighted by molar-refractivity contribution is 0.179. The number of benzene rings is 1. The van der Waals surface area contributed by atoms with Gasteiger partial charge in [0.15, 0.2) is 0 Å². The van der Waals surface area contributed by atoms with Crippen LogP contribution in [0.1, 0.15) is 16.7 Å². The fourth-order valence-corrected chi connectivity index (χ4v) is 3.99. The van der Waals surface area contributed by atoms with Crippen LogP contribution in [-0.2, 0) is 6.42 Å². The van der Waals surface area contributed by atoms with E-state index in [0.717, 1.165) is 25.6 Å². The second-order valence-electron chi connectivity index (χ2n) is 4.40. The standard InChI is InChI=1S/C15H12BrNOS2/c16-14-6-11(8-19-14)13(18)7-15-17-12(9-20-15)10-4-2-1-3-5-10/h1-6,8-9,13,18H,7H2. The van der Waals surface area contributed by atoms with Crippen LogP contribution >= 0.6 is 38.6 Å². The van der Waals surface area contributed by atoms with Crippen molar-refractivity contribution in [2.75, 3.05) is 0 Å². The molecule has 0 saturated carbocycles. The van der Waals surface area contributed by atoms with Gasteiger partial charge in [-0.1, -0.05) is 30.3 Å². The molecule has 0 aliphatic rings. The number of halogens is 1. The lowest BCUT2D eigenvalue weighted by Crippen LogP contribution is -1.99. The maximum atomic E-state index is 10.2. The van der Waals surface area contributed by atoms with Crippen LogP contribution in [0.15, 0.2) is 50.9 Å². The first-order valence-corrected chi connectivity index (χ1v) is 8.69. The molecule has 2 nitrogen and oxygen atoms in total. The van der Waals surface area contributed by atoms with Crippen LogP contribution in [0, 0.1) is 0 Å². The Labute approximate surface area is 133 Å². The van der Waals surface area contributed by atoms with Crippen molar-refractivity contribution < 1.29 is 5.11 Å². The van der Waals surface area contributed by atoms with Crippen LogP contribution in [0.5, 0.6) is 0 Å². The molecule has 0 aliphatic carbocycles. The van der Waals surface area contributed by atoms with Gasteiger partial charge in [-0.15, -0.1) is 22.7 Å². The van der Waals surface area contributed by atoms with Crippen LogP contribution in [0.2, 0.25) is 0 Å². The maximum absolute atomic E-state index is 10.2. The van der Waals surface area contributed by atoms with E-state index in [1.807, 2.05) is 47.2 Å². The zero-order chi connectivity index (χ0) is 13.9. The summed E-state index contributed by atoms with van der Waals surface area (Å²) >= 11 is 6.59. The molecule has 0 fully saturated rings. The first-order valence-electron chi connectivity index (χ1n) is 6.14. The molecule has 0 saturated heterocycles. The molecule has 3 rings (SSSR count). The van der Waals surface area contributed by atoms with E-state index in [1.165, 1.54) is 0 Å². The molecule has 3 aromatic rings. The summed E-state index contributed by atoms with van der Waals surface area (Å²) in [5.41, 5.74) is 3.03. The van der Waals surface area contributed by atoms with E-state index in [9.17, 15) is 5.11 Å². The summed E-state index contributed by atoms with van der Waals surface area (Å²) in [6, 6.07) is 12.1. The van der Waals surface area contributed by atoms with Crippen molar-refractivity contribution in [2.45, 2.75) is 12.5 Å². The molecule has 0 bridgehead atoms. The predicted octanol–water partition coefficient (Wildman–Crippen LogP) is 4.91. The highest BCUT2D eigenvalue weighted by molar-refractivity contribution is 9.11. The second-order valence-corrected chi connectivity index (χ2v) is 7.63. The van der Waals surface area contributed by atoms with E-state index in [4.69, 9.17) is 0 Å². The minimum absolute atomic E-state index is 0.493. The van der Waals surface area contributed by atoms with E-state index >= 15 is 0 Å². The van der Waals surface area contributed by atoms with Crippen molar-refractivity contribution >= 4 is 38.6 Å². The molecular formula is C15H12BrNOS2. The number of thiazole rings is 1. The quantitative estimate of drug-likeness (QED) is 0.712. The number of aromatic nitrogens is 1. The number of aliphatic hydroxyl groups excluding tert-OH is 1. The molecule has 0 aliphatic heterocycles. The van der Waals surface area contributed by atoms with E-state index in [0.29, 0.717) is 6.42 Å². The molecule has 102 valence electrons. The summed E-state index contributed by atoms with van der Waals surface area (Å²) in [6.45, 7) is 0. The monoisotopic (exact) mass is 365 g/mol. The average Bonchev–Trinajstić information content (AvgIpc) is 3.09. The molecule has 2 heterocycles. The number of aliphatic hydroxyl groups is 1. The highest BCUT2D eigenvalue weighted by Gasteiger charge is 2.13. The summed E-state index contributed by atoms with van der Waals surface area (Å²) < 4.78 is 1.04. The van der Waals surface area contributed by atoms with Crippen molar-refractivity contribution in [3.05, 3.63) is 61.5 Å². The summed E-state index contributed by atoms with van der Waals surface area (Å²) in [6.07, 6.45) is 0.0630. The number of nitrogens with zero attached hydrogens (tertiary/aromatic N) is 1. The molecule has 5 heteroatoms. The van der Waals surface area contributed by atoms with Crippen LogP contribution < -0.4 is 0 Å². The van der Waals surface area contributed by atoms with Gasteiger partial charge in [-0.05, 0) is 32.9 Å². The molecule has 1 N–H and O–H groups in total. The average molecular weight is 366 g/mol. The Morgan fingerprint density at radius 2 is 1.95 bits per heavy atom. The number of rotatable bonds is 4. The summed E-state index contributed by atoms with van der Waals surface area (Å²) in [5.74, 6) is 0. The first kappa shape index (κ1) is 13.9. The second kappa shape index (κ2) is 6.18. The third kappa shape index (κ3) is 3.17. The van der Waals surface area contributed by atoms with Gasteiger partial charge in [0, 0.05) is 17.4 Å². The maximum Gasteiger partial charge on any atom is 0.0961 e. The van der Waals surface area contributed by atoms with Gasteiger partial charge in [0.2, 0.25) is 0 Å². The molecule has 0 amide bonds. The molecule has 1 atom stereocenters. The fourth-order valence-electron chi connectivity index (χ4n) is 1.93. The van der Waals surface area contributed by atoms with Crippen LogP contribution in [-0.4, -0.2) is 10.1 Å². The SMILES string of the molecule is OC(Cc1nc(-c2ccccc2)cs1)c1csc(Br)c1. The molecule has 0 radical (unpaired) electrons. The number of hydrogen-bond donors (Lipinski definition) is 1. The van der Waals surface area contributed by atoms with Crippen molar-refractivity contribution in [3.63, 3.8) is 0 Å². The Hall–Kier alpha value is -1.01. The van der Waals surface area contributed by atoms with Crippen molar-refractivity contribution in [3.8, 4) is 11.3 Å². The van der Waals surface area contributed by atoms with Crippen LogP contribution in [0.25, 0.3) is 11.3 Å². The molecule has 1 unspecified atom stereocenters. The molecule has 2 aromatic heterocycles. The van der Waals surface area contributed by atoms with Gasteiger partial charge in [0.05, 0.1) is 20.6 Å². The van der Waals surface area contributed by atoms with Crippen molar-refractivity contribution in [1.29, 1.82) is 0 Å². The van der Waals surface area contributed by atoms with E-state index in [-0.39, 0.29) is 0 Å². The Bertz CT molecular complexity index is 693. The lowest BCUT2D eigenvalue weighted by Gasteiger charge is -2.05.